The summed E-state index contributed by atoms with van der Waals surface area (Å²) in [5.41, 5.74) is 2.78. The van der Waals surface area contributed by atoms with Gasteiger partial charge in [-0.05, 0) is 55.9 Å². The number of hydrogen-bond acceptors (Lipinski definition) is 3. The van der Waals surface area contributed by atoms with Crippen molar-refractivity contribution in [3.63, 3.8) is 0 Å². The quantitative estimate of drug-likeness (QED) is 0.812. The van der Waals surface area contributed by atoms with Crippen molar-refractivity contribution < 1.29 is 19.8 Å². The lowest BCUT2D eigenvalue weighted by atomic mass is 9.86. The summed E-state index contributed by atoms with van der Waals surface area (Å²) in [5, 5.41) is 18.4. The number of benzene rings is 1. The molecule has 0 radical (unpaired) electrons. The molecule has 0 saturated carbocycles. The number of aliphatic hydroxyl groups excluding tert-OH is 1. The molecule has 0 aliphatic heterocycles. The van der Waals surface area contributed by atoms with E-state index < -0.39 is 11.4 Å². The maximum Gasteiger partial charge on any atom is 0.317 e. The molecule has 0 aromatic heterocycles. The molecule has 0 fully saturated rings. The van der Waals surface area contributed by atoms with Gasteiger partial charge in [-0.15, -0.1) is 0 Å². The van der Waals surface area contributed by atoms with Crippen LogP contribution >= 0.6 is 0 Å². The average Bonchev–Trinajstić information content (AvgIpc) is 2.58. The Balaban J connectivity index is 2.62. The highest BCUT2D eigenvalue weighted by molar-refractivity contribution is 6.16. The van der Waals surface area contributed by atoms with Crippen molar-refractivity contribution in [3.8, 4) is 0 Å². The minimum atomic E-state index is -1.35. The van der Waals surface area contributed by atoms with Crippen LogP contribution in [0.15, 0.2) is 6.07 Å². The number of hydrogen-bond donors (Lipinski definition) is 2. The lowest BCUT2D eigenvalue weighted by Crippen LogP contribution is -2.33. The fourth-order valence-electron chi connectivity index (χ4n) is 2.97. The van der Waals surface area contributed by atoms with Gasteiger partial charge in [-0.2, -0.15) is 0 Å². The molecule has 102 valence electrons. The highest BCUT2D eigenvalue weighted by atomic mass is 16.4. The molecule has 1 aromatic carbocycles. The highest BCUT2D eigenvalue weighted by Crippen LogP contribution is 2.40. The zero-order valence-corrected chi connectivity index (χ0v) is 11.4. The minimum absolute atomic E-state index is 0.0187. The number of carbonyl (C=O) groups excluding carboxylic acids is 1. The van der Waals surface area contributed by atoms with Gasteiger partial charge in [-0.1, -0.05) is 6.07 Å². The van der Waals surface area contributed by atoms with E-state index in [0.29, 0.717) is 12.0 Å². The molecule has 1 aliphatic rings. The first kappa shape index (κ1) is 13.7. The molecule has 0 unspecified atom stereocenters. The Kier molecular flexibility index (Phi) is 3.22. The monoisotopic (exact) mass is 262 g/mol. The first-order chi connectivity index (χ1) is 8.82. The van der Waals surface area contributed by atoms with Gasteiger partial charge in [-0.3, -0.25) is 9.59 Å². The normalized spacial score (nSPS) is 21.6. The number of fused-ring (bicyclic) bond motifs is 1. The summed E-state index contributed by atoms with van der Waals surface area (Å²) in [6, 6.07) is 1.89. The summed E-state index contributed by atoms with van der Waals surface area (Å²) in [5.74, 6) is -1.39. The first-order valence-corrected chi connectivity index (χ1v) is 6.34. The number of ketones is 1. The van der Waals surface area contributed by atoms with E-state index in [1.54, 1.807) is 0 Å². The standard InChI is InChI=1S/C15H18O4/c1-8-6-10-7-15(3,14(18)19)13(17)12(10)9(2)11(8)4-5-16/h6,16H,4-5,7H2,1-3H3,(H,18,19)/t15-/m1/s1. The minimum Gasteiger partial charge on any atom is -0.480 e. The van der Waals surface area contributed by atoms with E-state index in [9.17, 15) is 14.7 Å². The Morgan fingerprint density at radius 2 is 2.05 bits per heavy atom. The van der Waals surface area contributed by atoms with Crippen LogP contribution in [0.3, 0.4) is 0 Å². The molecule has 0 saturated heterocycles. The molecule has 1 aliphatic carbocycles. The van der Waals surface area contributed by atoms with Crippen LogP contribution in [-0.2, 0) is 17.6 Å². The third-order valence-electron chi connectivity index (χ3n) is 4.12. The number of carbonyl (C=O) groups is 2. The number of carboxylic acid groups (broad SMARTS) is 1. The van der Waals surface area contributed by atoms with Gasteiger partial charge in [-0.25, -0.2) is 0 Å². The van der Waals surface area contributed by atoms with Crippen molar-refractivity contribution in [2.75, 3.05) is 6.61 Å². The van der Waals surface area contributed by atoms with Gasteiger partial charge in [0, 0.05) is 12.2 Å². The number of aliphatic carboxylic acids is 1. The van der Waals surface area contributed by atoms with Gasteiger partial charge in [0.2, 0.25) is 0 Å². The van der Waals surface area contributed by atoms with Crippen LogP contribution in [0.5, 0.6) is 0 Å². The second kappa shape index (κ2) is 4.46. The molecule has 4 heteroatoms. The van der Waals surface area contributed by atoms with Crippen LogP contribution < -0.4 is 0 Å². The second-order valence-corrected chi connectivity index (χ2v) is 5.45. The molecule has 2 N–H and O–H groups in total. The Bertz CT molecular complexity index is 574. The van der Waals surface area contributed by atoms with Gasteiger partial charge < -0.3 is 10.2 Å². The van der Waals surface area contributed by atoms with Crippen LogP contribution in [0.1, 0.15) is 39.5 Å². The average molecular weight is 262 g/mol. The summed E-state index contributed by atoms with van der Waals surface area (Å²) in [7, 11) is 0. The number of rotatable bonds is 3. The molecule has 1 atom stereocenters. The smallest absolute Gasteiger partial charge is 0.317 e. The molecule has 0 amide bonds. The van der Waals surface area contributed by atoms with E-state index in [1.807, 2.05) is 19.9 Å². The zero-order valence-electron chi connectivity index (χ0n) is 11.4. The predicted molar refractivity (Wildman–Crippen MR) is 70.5 cm³/mol. The Morgan fingerprint density at radius 1 is 1.42 bits per heavy atom. The van der Waals surface area contributed by atoms with Crippen LogP contribution in [-0.4, -0.2) is 28.6 Å². The van der Waals surface area contributed by atoms with E-state index in [4.69, 9.17) is 5.11 Å². The van der Waals surface area contributed by atoms with E-state index in [1.165, 1.54) is 6.92 Å². The molecular weight excluding hydrogens is 244 g/mol. The van der Waals surface area contributed by atoms with Crippen molar-refractivity contribution in [2.24, 2.45) is 5.41 Å². The third-order valence-corrected chi connectivity index (χ3v) is 4.12. The Hall–Kier alpha value is -1.68. The van der Waals surface area contributed by atoms with Gasteiger partial charge in [0.15, 0.2) is 5.78 Å². The largest absolute Gasteiger partial charge is 0.480 e. The Morgan fingerprint density at radius 3 is 2.58 bits per heavy atom. The van der Waals surface area contributed by atoms with Gasteiger partial charge in [0.05, 0.1) is 0 Å². The molecule has 0 bridgehead atoms. The highest BCUT2D eigenvalue weighted by Gasteiger charge is 2.48. The SMILES string of the molecule is Cc1cc2c(c(C)c1CCO)C(=O)[C@](C)(C(=O)O)C2. The van der Waals surface area contributed by atoms with Gasteiger partial charge in [0.25, 0.3) is 0 Å². The topological polar surface area (TPSA) is 74.6 Å². The molecular formula is C15H18O4. The molecule has 0 heterocycles. The zero-order chi connectivity index (χ0) is 14.4. The van der Waals surface area contributed by atoms with E-state index >= 15 is 0 Å². The summed E-state index contributed by atoms with van der Waals surface area (Å²) in [6.45, 7) is 5.27. The van der Waals surface area contributed by atoms with E-state index in [2.05, 4.69) is 0 Å². The second-order valence-electron chi connectivity index (χ2n) is 5.45. The summed E-state index contributed by atoms with van der Waals surface area (Å²) < 4.78 is 0. The van der Waals surface area contributed by atoms with Crippen molar-refractivity contribution in [1.82, 2.24) is 0 Å². The van der Waals surface area contributed by atoms with E-state index in [-0.39, 0.29) is 18.8 Å². The van der Waals surface area contributed by atoms with Crippen LogP contribution in [0.2, 0.25) is 0 Å². The maximum atomic E-state index is 12.4. The summed E-state index contributed by atoms with van der Waals surface area (Å²) in [4.78, 5) is 23.8. The molecule has 0 spiro atoms. The molecule has 2 rings (SSSR count). The Labute approximate surface area is 112 Å². The molecule has 4 nitrogen and oxygen atoms in total. The molecule has 19 heavy (non-hydrogen) atoms. The van der Waals surface area contributed by atoms with E-state index in [0.717, 1.165) is 22.3 Å². The summed E-state index contributed by atoms with van der Waals surface area (Å²) in [6.07, 6.45) is 0.736. The summed E-state index contributed by atoms with van der Waals surface area (Å²) >= 11 is 0. The number of carboxylic acids is 1. The van der Waals surface area contributed by atoms with Crippen molar-refractivity contribution in [2.45, 2.75) is 33.6 Å². The third kappa shape index (κ3) is 1.87. The van der Waals surface area contributed by atoms with Gasteiger partial charge in [0.1, 0.15) is 5.41 Å². The van der Waals surface area contributed by atoms with Crippen molar-refractivity contribution >= 4 is 11.8 Å². The fraction of sp³-hybridized carbons (Fsp3) is 0.467. The predicted octanol–water partition coefficient (Wildman–Crippen LogP) is 1.67. The lowest BCUT2D eigenvalue weighted by Gasteiger charge is -2.15. The number of aryl methyl sites for hydroxylation is 1. The van der Waals surface area contributed by atoms with Gasteiger partial charge >= 0.3 is 5.97 Å². The van der Waals surface area contributed by atoms with Crippen molar-refractivity contribution in [1.29, 1.82) is 0 Å². The lowest BCUT2D eigenvalue weighted by molar-refractivity contribution is -0.144. The number of aliphatic hydroxyl groups is 1. The van der Waals surface area contributed by atoms with Crippen LogP contribution in [0.4, 0.5) is 0 Å². The van der Waals surface area contributed by atoms with Crippen molar-refractivity contribution in [3.05, 3.63) is 33.9 Å². The van der Waals surface area contributed by atoms with Crippen LogP contribution in [0.25, 0.3) is 0 Å². The number of Topliss-reactive ketones (excluding diaryl/α,β-unsaturated/α-hetero) is 1. The maximum absolute atomic E-state index is 12.4. The first-order valence-electron chi connectivity index (χ1n) is 6.34. The molecule has 1 aromatic rings. The fourth-order valence-corrected chi connectivity index (χ4v) is 2.97. The van der Waals surface area contributed by atoms with Crippen LogP contribution in [0, 0.1) is 19.3 Å².